The van der Waals surface area contributed by atoms with Crippen LogP contribution in [0.25, 0.3) is 0 Å². The highest BCUT2D eigenvalue weighted by Crippen LogP contribution is 2.28. The van der Waals surface area contributed by atoms with E-state index in [0.29, 0.717) is 18.4 Å². The van der Waals surface area contributed by atoms with Crippen molar-refractivity contribution in [3.8, 4) is 0 Å². The first-order chi connectivity index (χ1) is 9.27. The van der Waals surface area contributed by atoms with Crippen molar-refractivity contribution >= 4 is 0 Å². The molecule has 20 heavy (non-hydrogen) atoms. The molecule has 1 aromatic rings. The van der Waals surface area contributed by atoms with Gasteiger partial charge in [-0.3, -0.25) is 9.88 Å². The van der Waals surface area contributed by atoms with Crippen LogP contribution in [0.2, 0.25) is 0 Å². The average Bonchev–Trinajstić information content (AvgIpc) is 2.70. The predicted molar refractivity (Wildman–Crippen MR) is 70.8 cm³/mol. The number of likely N-dealkylation sites (tertiary alicyclic amines) is 1. The minimum absolute atomic E-state index is 0.136. The Morgan fingerprint density at radius 2 is 2.05 bits per heavy atom. The highest BCUT2D eigenvalue weighted by Gasteiger charge is 2.33. The van der Waals surface area contributed by atoms with E-state index in [-0.39, 0.29) is 6.04 Å². The van der Waals surface area contributed by atoms with Gasteiger partial charge in [0.2, 0.25) is 0 Å². The molecule has 1 aromatic heterocycles. The molecule has 3 nitrogen and oxygen atoms in total. The number of halogens is 3. The summed E-state index contributed by atoms with van der Waals surface area (Å²) >= 11 is 0. The van der Waals surface area contributed by atoms with E-state index in [1.807, 2.05) is 0 Å². The molecule has 2 N–H and O–H groups in total. The van der Waals surface area contributed by atoms with Crippen LogP contribution in [0.3, 0.4) is 0 Å². The first kappa shape index (κ1) is 15.3. The zero-order valence-electron chi connectivity index (χ0n) is 11.7. The number of nitrogens with zero attached hydrogens (tertiary/aromatic N) is 2. The van der Waals surface area contributed by atoms with Crippen molar-refractivity contribution in [2.45, 2.75) is 32.6 Å². The maximum Gasteiger partial charge on any atom is 0.433 e. The van der Waals surface area contributed by atoms with Crippen LogP contribution in [0, 0.1) is 11.8 Å². The first-order valence-corrected chi connectivity index (χ1v) is 6.77. The molecule has 0 spiro atoms. The van der Waals surface area contributed by atoms with Gasteiger partial charge in [-0.2, -0.15) is 13.2 Å². The Balaban J connectivity index is 1.98. The highest BCUT2D eigenvalue weighted by molar-refractivity contribution is 5.16. The van der Waals surface area contributed by atoms with E-state index in [0.717, 1.165) is 24.7 Å². The molecule has 1 fully saturated rings. The van der Waals surface area contributed by atoms with E-state index >= 15 is 0 Å². The standard InChI is InChI=1S/C14H20F3N3/c1-9(2)11-7-20(8-12(11)18)6-10-3-4-13(19-5-10)14(15,16)17/h3-5,9,11-12H,6-8,18H2,1-2H3/t11-,12+/m1/s1. The van der Waals surface area contributed by atoms with E-state index in [9.17, 15) is 13.2 Å². The number of pyridine rings is 1. The Bertz CT molecular complexity index is 442. The van der Waals surface area contributed by atoms with Gasteiger partial charge in [0, 0.05) is 31.9 Å². The van der Waals surface area contributed by atoms with Crippen molar-refractivity contribution in [2.24, 2.45) is 17.6 Å². The molecule has 1 aliphatic heterocycles. The average molecular weight is 287 g/mol. The molecule has 0 bridgehead atoms. The fraction of sp³-hybridized carbons (Fsp3) is 0.643. The Morgan fingerprint density at radius 3 is 2.50 bits per heavy atom. The maximum absolute atomic E-state index is 12.4. The summed E-state index contributed by atoms with van der Waals surface area (Å²) in [5, 5.41) is 0. The molecule has 1 saturated heterocycles. The van der Waals surface area contributed by atoms with Crippen LogP contribution in [0.5, 0.6) is 0 Å². The highest BCUT2D eigenvalue weighted by atomic mass is 19.4. The third kappa shape index (κ3) is 3.49. The number of hydrogen-bond donors (Lipinski definition) is 1. The van der Waals surface area contributed by atoms with Crippen molar-refractivity contribution in [1.29, 1.82) is 0 Å². The second-order valence-corrected chi connectivity index (χ2v) is 5.82. The fourth-order valence-electron chi connectivity index (χ4n) is 2.72. The van der Waals surface area contributed by atoms with Gasteiger partial charge in [-0.25, -0.2) is 0 Å². The van der Waals surface area contributed by atoms with Crippen LogP contribution >= 0.6 is 0 Å². The Hall–Kier alpha value is -1.14. The third-order valence-electron chi connectivity index (χ3n) is 3.87. The van der Waals surface area contributed by atoms with Gasteiger partial charge < -0.3 is 5.73 Å². The summed E-state index contributed by atoms with van der Waals surface area (Å²) in [5.41, 5.74) is 6.04. The second-order valence-electron chi connectivity index (χ2n) is 5.82. The Morgan fingerprint density at radius 1 is 1.35 bits per heavy atom. The van der Waals surface area contributed by atoms with E-state index < -0.39 is 11.9 Å². The number of aromatic nitrogens is 1. The lowest BCUT2D eigenvalue weighted by Gasteiger charge is -2.18. The van der Waals surface area contributed by atoms with E-state index in [1.54, 1.807) is 0 Å². The van der Waals surface area contributed by atoms with Gasteiger partial charge in [0.1, 0.15) is 5.69 Å². The molecule has 0 saturated carbocycles. The predicted octanol–water partition coefficient (Wildman–Crippen LogP) is 2.52. The smallest absolute Gasteiger partial charge is 0.326 e. The zero-order chi connectivity index (χ0) is 14.9. The van der Waals surface area contributed by atoms with E-state index in [2.05, 4.69) is 23.7 Å². The van der Waals surface area contributed by atoms with Crippen LogP contribution in [-0.4, -0.2) is 29.0 Å². The lowest BCUT2D eigenvalue weighted by molar-refractivity contribution is -0.141. The van der Waals surface area contributed by atoms with Crippen molar-refractivity contribution < 1.29 is 13.2 Å². The molecule has 2 atom stereocenters. The van der Waals surface area contributed by atoms with Crippen molar-refractivity contribution in [1.82, 2.24) is 9.88 Å². The minimum atomic E-state index is -4.38. The molecule has 0 radical (unpaired) electrons. The summed E-state index contributed by atoms with van der Waals surface area (Å²) in [7, 11) is 0. The fourth-order valence-corrected chi connectivity index (χ4v) is 2.72. The van der Waals surface area contributed by atoms with Crippen LogP contribution in [0.1, 0.15) is 25.1 Å². The van der Waals surface area contributed by atoms with E-state index in [4.69, 9.17) is 5.73 Å². The molecule has 6 heteroatoms. The van der Waals surface area contributed by atoms with Crippen molar-refractivity contribution in [3.05, 3.63) is 29.6 Å². The van der Waals surface area contributed by atoms with Gasteiger partial charge in [-0.1, -0.05) is 19.9 Å². The normalized spacial score (nSPS) is 24.6. The molecule has 1 aliphatic rings. The second kappa shape index (κ2) is 5.69. The molecule has 0 unspecified atom stereocenters. The number of nitrogens with two attached hydrogens (primary N) is 1. The zero-order valence-corrected chi connectivity index (χ0v) is 11.7. The number of alkyl halides is 3. The van der Waals surface area contributed by atoms with Gasteiger partial charge in [0.25, 0.3) is 0 Å². The third-order valence-corrected chi connectivity index (χ3v) is 3.87. The Kier molecular flexibility index (Phi) is 4.34. The summed E-state index contributed by atoms with van der Waals surface area (Å²) in [6.07, 6.45) is -3.08. The van der Waals surface area contributed by atoms with Crippen LogP contribution in [0.15, 0.2) is 18.3 Å². The monoisotopic (exact) mass is 287 g/mol. The molecule has 0 aliphatic carbocycles. The lowest BCUT2D eigenvalue weighted by atomic mass is 9.92. The first-order valence-electron chi connectivity index (χ1n) is 6.77. The molecule has 0 amide bonds. The van der Waals surface area contributed by atoms with Gasteiger partial charge in [-0.15, -0.1) is 0 Å². The van der Waals surface area contributed by atoms with Crippen LogP contribution in [-0.2, 0) is 12.7 Å². The number of hydrogen-bond acceptors (Lipinski definition) is 3. The summed E-state index contributed by atoms with van der Waals surface area (Å²) in [5.74, 6) is 0.957. The maximum atomic E-state index is 12.4. The quantitative estimate of drug-likeness (QED) is 0.929. The topological polar surface area (TPSA) is 42.2 Å². The lowest BCUT2D eigenvalue weighted by Crippen LogP contribution is -2.32. The summed E-state index contributed by atoms with van der Waals surface area (Å²) in [6, 6.07) is 2.66. The van der Waals surface area contributed by atoms with Gasteiger partial charge in [0.05, 0.1) is 0 Å². The van der Waals surface area contributed by atoms with Gasteiger partial charge >= 0.3 is 6.18 Å². The molecule has 0 aromatic carbocycles. The summed E-state index contributed by atoms with van der Waals surface area (Å²) in [4.78, 5) is 5.66. The van der Waals surface area contributed by atoms with Crippen molar-refractivity contribution in [3.63, 3.8) is 0 Å². The van der Waals surface area contributed by atoms with Gasteiger partial charge in [-0.05, 0) is 23.5 Å². The summed E-state index contributed by atoms with van der Waals surface area (Å²) in [6.45, 7) is 6.56. The molecular formula is C14H20F3N3. The number of rotatable bonds is 3. The van der Waals surface area contributed by atoms with Gasteiger partial charge in [0.15, 0.2) is 0 Å². The molecule has 2 heterocycles. The molecule has 112 valence electrons. The SMILES string of the molecule is CC(C)[C@H]1CN(Cc2ccc(C(F)(F)F)nc2)C[C@@H]1N. The van der Waals surface area contributed by atoms with Crippen LogP contribution < -0.4 is 5.73 Å². The molecule has 2 rings (SSSR count). The molecular weight excluding hydrogens is 267 g/mol. The van der Waals surface area contributed by atoms with E-state index in [1.165, 1.54) is 12.3 Å². The Labute approximate surface area is 117 Å². The largest absolute Gasteiger partial charge is 0.433 e. The van der Waals surface area contributed by atoms with Crippen molar-refractivity contribution in [2.75, 3.05) is 13.1 Å². The summed E-state index contributed by atoms with van der Waals surface area (Å²) < 4.78 is 37.3. The van der Waals surface area contributed by atoms with Crippen LogP contribution in [0.4, 0.5) is 13.2 Å². The minimum Gasteiger partial charge on any atom is -0.326 e.